The maximum atomic E-state index is 8.99. The van der Waals surface area contributed by atoms with E-state index in [9.17, 15) is 0 Å². The van der Waals surface area contributed by atoms with Gasteiger partial charge in [-0.25, -0.2) is 0 Å². The van der Waals surface area contributed by atoms with Crippen LogP contribution in [0.2, 0.25) is 0 Å². The average molecular weight is 187 g/mol. The summed E-state index contributed by atoms with van der Waals surface area (Å²) >= 11 is 0. The van der Waals surface area contributed by atoms with Crippen LogP contribution in [0.5, 0.6) is 0 Å². The second-order valence-electron chi connectivity index (χ2n) is 3.37. The van der Waals surface area contributed by atoms with Gasteiger partial charge in [-0.15, -0.1) is 0 Å². The van der Waals surface area contributed by atoms with Crippen molar-refractivity contribution in [1.29, 1.82) is 0 Å². The monoisotopic (exact) mass is 187 g/mol. The Morgan fingerprint density at radius 2 is 1.79 bits per heavy atom. The third-order valence-corrected chi connectivity index (χ3v) is 2.39. The molecule has 0 aromatic heterocycles. The topological polar surface area (TPSA) is 23.5 Å². The smallest absolute Gasteiger partial charge is 0.115 e. The molecule has 0 bridgehead atoms. The van der Waals surface area contributed by atoms with Crippen molar-refractivity contribution in [2.45, 2.75) is 0 Å². The largest absolute Gasteiger partial charge is 0.376 e. The van der Waals surface area contributed by atoms with Crippen LogP contribution in [0.1, 0.15) is 0 Å². The number of fused-ring (bicyclic) bond motifs is 1. The summed E-state index contributed by atoms with van der Waals surface area (Å²) in [6.07, 6.45) is 0. The van der Waals surface area contributed by atoms with E-state index in [0.29, 0.717) is 0 Å². The normalized spacial score (nSPS) is 10.4. The van der Waals surface area contributed by atoms with Crippen molar-refractivity contribution in [1.82, 2.24) is 0 Å². The molecule has 2 heteroatoms. The van der Waals surface area contributed by atoms with Gasteiger partial charge in [-0.2, -0.15) is 0 Å². The maximum absolute atomic E-state index is 8.99. The molecule has 72 valence electrons. The minimum Gasteiger partial charge on any atom is -0.376 e. The van der Waals surface area contributed by atoms with Crippen LogP contribution < -0.4 is 4.90 Å². The number of anilines is 1. The number of rotatable bonds is 2. The van der Waals surface area contributed by atoms with E-state index in [1.165, 1.54) is 10.8 Å². The summed E-state index contributed by atoms with van der Waals surface area (Å²) in [6.45, 7) is 0.0400. The number of hydrogen-bond donors (Lipinski definition) is 1. The zero-order valence-corrected chi connectivity index (χ0v) is 8.14. The first kappa shape index (κ1) is 9.03. The Bertz CT molecular complexity index is 439. The molecular formula is C12H13NO. The highest BCUT2D eigenvalue weighted by atomic mass is 16.3. The number of aliphatic hydroxyl groups excluding tert-OH is 1. The summed E-state index contributed by atoms with van der Waals surface area (Å²) in [7, 11) is 1.87. The minimum atomic E-state index is 0.0400. The minimum absolute atomic E-state index is 0.0400. The molecule has 0 spiro atoms. The standard InChI is InChI=1S/C12H13NO/c1-13(9-14)12-7-6-10-4-2-3-5-11(10)8-12/h2-8,14H,9H2,1H3. The molecule has 0 amide bonds. The SMILES string of the molecule is CN(CO)c1ccc2ccccc2c1. The molecule has 0 atom stereocenters. The Labute approximate surface area is 83.4 Å². The van der Waals surface area contributed by atoms with Crippen molar-refractivity contribution in [3.05, 3.63) is 42.5 Å². The van der Waals surface area contributed by atoms with Gasteiger partial charge in [0.25, 0.3) is 0 Å². The van der Waals surface area contributed by atoms with Crippen molar-refractivity contribution < 1.29 is 5.11 Å². The van der Waals surface area contributed by atoms with Gasteiger partial charge in [0.05, 0.1) is 0 Å². The molecule has 0 unspecified atom stereocenters. The van der Waals surface area contributed by atoms with Gasteiger partial charge in [0.2, 0.25) is 0 Å². The highest BCUT2D eigenvalue weighted by molar-refractivity contribution is 5.85. The molecule has 1 N–H and O–H groups in total. The summed E-state index contributed by atoms with van der Waals surface area (Å²) in [5.74, 6) is 0. The van der Waals surface area contributed by atoms with E-state index in [1.807, 2.05) is 25.2 Å². The molecule has 0 saturated carbocycles. The molecule has 2 aromatic carbocycles. The molecule has 14 heavy (non-hydrogen) atoms. The van der Waals surface area contributed by atoms with Gasteiger partial charge in [0.15, 0.2) is 0 Å². The summed E-state index contributed by atoms with van der Waals surface area (Å²) in [4.78, 5) is 1.80. The van der Waals surface area contributed by atoms with Crippen molar-refractivity contribution >= 4 is 16.5 Å². The van der Waals surface area contributed by atoms with Crippen molar-refractivity contribution in [2.75, 3.05) is 18.7 Å². The maximum Gasteiger partial charge on any atom is 0.115 e. The first-order valence-electron chi connectivity index (χ1n) is 4.62. The van der Waals surface area contributed by atoms with E-state index in [4.69, 9.17) is 5.11 Å². The number of aliphatic hydroxyl groups is 1. The van der Waals surface area contributed by atoms with E-state index in [1.54, 1.807) is 4.90 Å². The molecule has 2 aromatic rings. The third-order valence-electron chi connectivity index (χ3n) is 2.39. The zero-order chi connectivity index (χ0) is 9.97. The Morgan fingerprint density at radius 3 is 2.50 bits per heavy atom. The van der Waals surface area contributed by atoms with Gasteiger partial charge in [-0.05, 0) is 22.9 Å². The highest BCUT2D eigenvalue weighted by Crippen LogP contribution is 2.20. The lowest BCUT2D eigenvalue weighted by Crippen LogP contribution is -2.17. The predicted octanol–water partition coefficient (Wildman–Crippen LogP) is 2.23. The van der Waals surface area contributed by atoms with E-state index >= 15 is 0 Å². The molecule has 0 saturated heterocycles. The summed E-state index contributed by atoms with van der Waals surface area (Å²) in [5, 5.41) is 11.4. The molecule has 2 rings (SSSR count). The van der Waals surface area contributed by atoms with Crippen LogP contribution in [0, 0.1) is 0 Å². The number of nitrogens with zero attached hydrogens (tertiary/aromatic N) is 1. The Hall–Kier alpha value is -1.54. The lowest BCUT2D eigenvalue weighted by molar-refractivity contribution is 0.298. The third kappa shape index (κ3) is 1.56. The average Bonchev–Trinajstić information content (AvgIpc) is 2.27. The quantitative estimate of drug-likeness (QED) is 0.729. The van der Waals surface area contributed by atoms with Gasteiger partial charge in [0, 0.05) is 12.7 Å². The molecule has 2 nitrogen and oxygen atoms in total. The van der Waals surface area contributed by atoms with E-state index in [2.05, 4.69) is 24.3 Å². The first-order chi connectivity index (χ1) is 6.81. The number of benzene rings is 2. The molecule has 0 radical (unpaired) electrons. The Morgan fingerprint density at radius 1 is 1.07 bits per heavy atom. The van der Waals surface area contributed by atoms with Crippen LogP contribution >= 0.6 is 0 Å². The zero-order valence-electron chi connectivity index (χ0n) is 8.14. The van der Waals surface area contributed by atoms with Crippen LogP contribution in [0.4, 0.5) is 5.69 Å². The first-order valence-corrected chi connectivity index (χ1v) is 4.62. The fourth-order valence-corrected chi connectivity index (χ4v) is 1.50. The van der Waals surface area contributed by atoms with E-state index in [0.717, 1.165) is 5.69 Å². The fourth-order valence-electron chi connectivity index (χ4n) is 1.50. The van der Waals surface area contributed by atoms with E-state index in [-0.39, 0.29) is 6.73 Å². The molecule has 0 aliphatic carbocycles. The van der Waals surface area contributed by atoms with Crippen LogP contribution in [0.25, 0.3) is 10.8 Å². The molecular weight excluding hydrogens is 174 g/mol. The van der Waals surface area contributed by atoms with Gasteiger partial charge in [-0.1, -0.05) is 30.3 Å². The molecule has 0 fully saturated rings. The second kappa shape index (κ2) is 3.68. The van der Waals surface area contributed by atoms with Crippen molar-refractivity contribution in [2.24, 2.45) is 0 Å². The van der Waals surface area contributed by atoms with Gasteiger partial charge in [-0.3, -0.25) is 0 Å². The van der Waals surface area contributed by atoms with Crippen LogP contribution in [0.15, 0.2) is 42.5 Å². The Balaban J connectivity index is 2.51. The highest BCUT2D eigenvalue weighted by Gasteiger charge is 1.99. The molecule has 0 heterocycles. The molecule has 0 aliphatic heterocycles. The molecule has 0 aliphatic rings. The van der Waals surface area contributed by atoms with Crippen LogP contribution in [-0.4, -0.2) is 18.9 Å². The van der Waals surface area contributed by atoms with Crippen molar-refractivity contribution in [3.63, 3.8) is 0 Å². The second-order valence-corrected chi connectivity index (χ2v) is 3.37. The fraction of sp³-hybridized carbons (Fsp3) is 0.167. The lowest BCUT2D eigenvalue weighted by atomic mass is 10.1. The number of hydrogen-bond acceptors (Lipinski definition) is 2. The van der Waals surface area contributed by atoms with Gasteiger partial charge < -0.3 is 10.0 Å². The lowest BCUT2D eigenvalue weighted by Gasteiger charge is -2.16. The summed E-state index contributed by atoms with van der Waals surface area (Å²) in [6, 6.07) is 14.4. The summed E-state index contributed by atoms with van der Waals surface area (Å²) in [5.41, 5.74) is 1.03. The van der Waals surface area contributed by atoms with E-state index < -0.39 is 0 Å². The van der Waals surface area contributed by atoms with Gasteiger partial charge in [0.1, 0.15) is 6.73 Å². The van der Waals surface area contributed by atoms with Crippen LogP contribution in [0.3, 0.4) is 0 Å². The predicted molar refractivity (Wildman–Crippen MR) is 59.4 cm³/mol. The van der Waals surface area contributed by atoms with Crippen LogP contribution in [-0.2, 0) is 0 Å². The van der Waals surface area contributed by atoms with Gasteiger partial charge >= 0.3 is 0 Å². The van der Waals surface area contributed by atoms with Crippen molar-refractivity contribution in [3.8, 4) is 0 Å². The Kier molecular flexibility index (Phi) is 2.37. The summed E-state index contributed by atoms with van der Waals surface area (Å²) < 4.78 is 0.